The van der Waals surface area contributed by atoms with Crippen LogP contribution in [0.5, 0.6) is 11.5 Å². The number of alkyl halides is 3. The van der Waals surface area contributed by atoms with Crippen molar-refractivity contribution < 1.29 is 35.9 Å². The average molecular weight is 472 g/mol. The number of sulfonamides is 1. The second-order valence-corrected chi connectivity index (χ2v) is 8.87. The average Bonchev–Trinajstić information content (AvgIpc) is 2.98. The molecule has 174 valence electrons. The van der Waals surface area contributed by atoms with E-state index >= 15 is 0 Å². The molecule has 0 aromatic heterocycles. The molecule has 11 heteroatoms. The van der Waals surface area contributed by atoms with Crippen LogP contribution >= 0.6 is 0 Å². The number of benzene rings is 2. The molecule has 0 saturated carbocycles. The Hall–Kier alpha value is -2.79. The molecule has 0 radical (unpaired) electrons. The highest BCUT2D eigenvalue weighted by Gasteiger charge is 2.29. The van der Waals surface area contributed by atoms with Crippen LogP contribution < -0.4 is 19.5 Å². The molecule has 3 rings (SSSR count). The first-order valence-electron chi connectivity index (χ1n) is 9.97. The Morgan fingerprint density at radius 1 is 0.969 bits per heavy atom. The van der Waals surface area contributed by atoms with E-state index < -0.39 is 21.8 Å². The van der Waals surface area contributed by atoms with Gasteiger partial charge in [-0.1, -0.05) is 12.1 Å². The van der Waals surface area contributed by atoms with Crippen molar-refractivity contribution in [1.29, 1.82) is 0 Å². The van der Waals surface area contributed by atoms with Crippen molar-refractivity contribution in [1.82, 2.24) is 10.0 Å². The van der Waals surface area contributed by atoms with Gasteiger partial charge in [0.1, 0.15) is 0 Å². The fraction of sp³-hybridized carbons (Fsp3) is 0.381. The lowest BCUT2D eigenvalue weighted by Crippen LogP contribution is -2.31. The van der Waals surface area contributed by atoms with Crippen LogP contribution in [0.1, 0.15) is 24.0 Å². The second-order valence-electron chi connectivity index (χ2n) is 7.10. The molecule has 7 nitrogen and oxygen atoms in total. The number of hydrogen-bond donors (Lipinski definition) is 2. The van der Waals surface area contributed by atoms with Crippen LogP contribution in [0.3, 0.4) is 0 Å². The summed E-state index contributed by atoms with van der Waals surface area (Å²) >= 11 is 0. The molecule has 0 aliphatic carbocycles. The molecule has 2 aromatic carbocycles. The number of carbonyl (C=O) groups excluding carboxylic acids is 1. The molecule has 2 N–H and O–H groups in total. The number of amides is 1. The number of rotatable bonds is 8. The summed E-state index contributed by atoms with van der Waals surface area (Å²) in [5.41, 5.74) is -0.0837. The Bertz CT molecular complexity index is 1040. The van der Waals surface area contributed by atoms with Crippen molar-refractivity contribution >= 4 is 15.9 Å². The Labute approximate surface area is 184 Å². The van der Waals surface area contributed by atoms with Gasteiger partial charge in [0.2, 0.25) is 15.9 Å². The van der Waals surface area contributed by atoms with E-state index in [2.05, 4.69) is 10.0 Å². The van der Waals surface area contributed by atoms with E-state index in [1.165, 1.54) is 30.3 Å². The van der Waals surface area contributed by atoms with E-state index in [1.54, 1.807) is 0 Å². The van der Waals surface area contributed by atoms with Gasteiger partial charge < -0.3 is 14.8 Å². The second kappa shape index (κ2) is 10.2. The number of fused-ring (bicyclic) bond motifs is 1. The lowest BCUT2D eigenvalue weighted by molar-refractivity contribution is -0.137. The zero-order valence-corrected chi connectivity index (χ0v) is 17.9. The highest BCUT2D eigenvalue weighted by Crippen LogP contribution is 2.32. The number of hydrogen-bond acceptors (Lipinski definition) is 5. The predicted molar refractivity (Wildman–Crippen MR) is 110 cm³/mol. The van der Waals surface area contributed by atoms with Gasteiger partial charge in [0.15, 0.2) is 11.5 Å². The van der Waals surface area contributed by atoms with E-state index in [0.29, 0.717) is 43.1 Å². The third-order valence-electron chi connectivity index (χ3n) is 4.69. The zero-order valence-electron chi connectivity index (χ0n) is 17.1. The predicted octanol–water partition coefficient (Wildman–Crippen LogP) is 2.89. The van der Waals surface area contributed by atoms with Gasteiger partial charge in [-0.15, -0.1) is 0 Å². The van der Waals surface area contributed by atoms with Crippen molar-refractivity contribution in [3.05, 3.63) is 53.6 Å². The first-order chi connectivity index (χ1) is 15.1. The summed E-state index contributed by atoms with van der Waals surface area (Å²) in [6.07, 6.45) is -3.42. The fourth-order valence-electron chi connectivity index (χ4n) is 2.99. The monoisotopic (exact) mass is 472 g/mol. The summed E-state index contributed by atoms with van der Waals surface area (Å²) in [7, 11) is -3.84. The smallest absolute Gasteiger partial charge is 0.416 e. The summed E-state index contributed by atoms with van der Waals surface area (Å²) in [4.78, 5) is 11.9. The Balaban J connectivity index is 1.42. The van der Waals surface area contributed by atoms with Gasteiger partial charge in [0.05, 0.1) is 23.7 Å². The Kier molecular flexibility index (Phi) is 7.62. The van der Waals surface area contributed by atoms with Gasteiger partial charge >= 0.3 is 6.18 Å². The van der Waals surface area contributed by atoms with Gasteiger partial charge in [0, 0.05) is 32.0 Å². The highest BCUT2D eigenvalue weighted by molar-refractivity contribution is 7.89. The van der Waals surface area contributed by atoms with Crippen LogP contribution in [0, 0.1) is 0 Å². The van der Waals surface area contributed by atoms with Crippen LogP contribution in [-0.4, -0.2) is 40.6 Å². The summed E-state index contributed by atoms with van der Waals surface area (Å²) in [5, 5.41) is 2.62. The molecule has 1 amide bonds. The highest BCUT2D eigenvalue weighted by atomic mass is 32.2. The van der Waals surface area contributed by atoms with Gasteiger partial charge in [-0.2, -0.15) is 13.2 Å². The third kappa shape index (κ3) is 6.60. The molecule has 2 aromatic rings. The van der Waals surface area contributed by atoms with Crippen molar-refractivity contribution in [2.45, 2.75) is 30.3 Å². The first kappa shape index (κ1) is 23.9. The van der Waals surface area contributed by atoms with E-state index in [0.717, 1.165) is 12.1 Å². The molecular formula is C21H23F3N2O5S. The third-order valence-corrected chi connectivity index (χ3v) is 6.15. The lowest BCUT2D eigenvalue weighted by atomic mass is 10.1. The molecular weight excluding hydrogens is 449 g/mol. The maximum atomic E-state index is 12.6. The van der Waals surface area contributed by atoms with E-state index in [-0.39, 0.29) is 30.3 Å². The molecule has 0 fully saturated rings. The summed E-state index contributed by atoms with van der Waals surface area (Å²) in [6.45, 7) is 1.03. The quantitative estimate of drug-likeness (QED) is 0.616. The molecule has 1 aliphatic rings. The minimum absolute atomic E-state index is 0.00413. The van der Waals surface area contributed by atoms with E-state index in [4.69, 9.17) is 9.47 Å². The van der Waals surface area contributed by atoms with Crippen LogP contribution in [0.4, 0.5) is 13.2 Å². The largest absolute Gasteiger partial charge is 0.490 e. The molecule has 1 heterocycles. The van der Waals surface area contributed by atoms with Crippen LogP contribution in [0.2, 0.25) is 0 Å². The summed E-state index contributed by atoms with van der Waals surface area (Å²) < 4.78 is 75.9. The van der Waals surface area contributed by atoms with Crippen molar-refractivity contribution in [2.75, 3.05) is 26.3 Å². The van der Waals surface area contributed by atoms with Gasteiger partial charge in [-0.3, -0.25) is 4.79 Å². The normalized spacial score (nSPS) is 14.0. The molecule has 1 aliphatic heterocycles. The Morgan fingerprint density at radius 2 is 1.66 bits per heavy atom. The SMILES string of the molecule is O=C(CCNS(=O)(=O)c1ccc2c(c1)OCCCO2)NCCc1ccc(C(F)(F)F)cc1. The van der Waals surface area contributed by atoms with Crippen LogP contribution in [-0.2, 0) is 27.4 Å². The summed E-state index contributed by atoms with van der Waals surface area (Å²) in [6, 6.07) is 9.02. The standard InChI is InChI=1S/C21H23F3N2O5S/c22-21(23,24)16-4-2-15(3-5-16)8-10-25-20(27)9-11-26-32(28,29)17-6-7-18-19(14-17)31-13-1-12-30-18/h2-7,14,26H,1,8-13H2,(H,25,27). The Morgan fingerprint density at radius 3 is 2.34 bits per heavy atom. The topological polar surface area (TPSA) is 93.7 Å². The fourth-order valence-corrected chi connectivity index (χ4v) is 4.03. The molecule has 0 spiro atoms. The van der Waals surface area contributed by atoms with E-state index in [9.17, 15) is 26.4 Å². The van der Waals surface area contributed by atoms with Crippen LogP contribution in [0.25, 0.3) is 0 Å². The molecule has 0 unspecified atom stereocenters. The van der Waals surface area contributed by atoms with Crippen molar-refractivity contribution in [3.63, 3.8) is 0 Å². The van der Waals surface area contributed by atoms with Gasteiger partial charge in [-0.25, -0.2) is 13.1 Å². The molecule has 0 saturated heterocycles. The van der Waals surface area contributed by atoms with E-state index in [1.807, 2.05) is 0 Å². The lowest BCUT2D eigenvalue weighted by Gasteiger charge is -2.11. The number of ether oxygens (including phenoxy) is 2. The molecule has 0 atom stereocenters. The number of carbonyl (C=O) groups is 1. The number of halogens is 3. The molecule has 32 heavy (non-hydrogen) atoms. The minimum atomic E-state index is -4.39. The van der Waals surface area contributed by atoms with Crippen LogP contribution in [0.15, 0.2) is 47.4 Å². The van der Waals surface area contributed by atoms with Gasteiger partial charge in [-0.05, 0) is 36.2 Å². The van der Waals surface area contributed by atoms with Crippen molar-refractivity contribution in [2.24, 2.45) is 0 Å². The zero-order chi connectivity index (χ0) is 23.2. The van der Waals surface area contributed by atoms with Gasteiger partial charge in [0.25, 0.3) is 0 Å². The number of nitrogens with one attached hydrogen (secondary N) is 2. The maximum absolute atomic E-state index is 12.6. The van der Waals surface area contributed by atoms with Crippen molar-refractivity contribution in [3.8, 4) is 11.5 Å². The minimum Gasteiger partial charge on any atom is -0.490 e. The summed E-state index contributed by atoms with van der Waals surface area (Å²) in [5.74, 6) is 0.457. The maximum Gasteiger partial charge on any atom is 0.416 e. The first-order valence-corrected chi connectivity index (χ1v) is 11.5. The molecule has 0 bridgehead atoms.